The average molecular weight is 547 g/mol. The van der Waals surface area contributed by atoms with E-state index in [1.807, 2.05) is 26.8 Å². The van der Waals surface area contributed by atoms with Crippen LogP contribution in [0.5, 0.6) is 0 Å². The van der Waals surface area contributed by atoms with Crippen molar-refractivity contribution >= 4 is 12.0 Å². The summed E-state index contributed by atoms with van der Waals surface area (Å²) in [6.07, 6.45) is -2.31. The molecule has 4 rings (SSSR count). The Kier molecular flexibility index (Phi) is 8.25. The summed E-state index contributed by atoms with van der Waals surface area (Å²) in [6.45, 7) is 12.5. The topological polar surface area (TPSA) is 74.8 Å². The lowest BCUT2D eigenvalue weighted by molar-refractivity contribution is -0.137. The number of amides is 2. The fourth-order valence-corrected chi connectivity index (χ4v) is 5.17. The highest BCUT2D eigenvalue weighted by molar-refractivity contribution is 5.94. The number of rotatable bonds is 7. The molecular formula is C29H37F3N4O3. The van der Waals surface area contributed by atoms with Crippen LogP contribution in [0.3, 0.4) is 0 Å². The minimum absolute atomic E-state index is 0.00550. The van der Waals surface area contributed by atoms with Gasteiger partial charge in [0.25, 0.3) is 5.91 Å². The number of aromatic nitrogens is 1. The number of nitrogens with zero attached hydrogens (tertiary/aromatic N) is 3. The Bertz CT molecular complexity index is 1190. The first kappa shape index (κ1) is 28.9. The Labute approximate surface area is 227 Å². The monoisotopic (exact) mass is 546 g/mol. The molecule has 2 aliphatic heterocycles. The van der Waals surface area contributed by atoms with Crippen molar-refractivity contribution in [2.45, 2.75) is 71.9 Å². The molecule has 0 spiro atoms. The summed E-state index contributed by atoms with van der Waals surface area (Å²) < 4.78 is 44.2. The third kappa shape index (κ3) is 7.09. The van der Waals surface area contributed by atoms with Crippen LogP contribution in [0.4, 0.5) is 18.0 Å². The average Bonchev–Trinajstić information content (AvgIpc) is 3.16. The molecule has 1 unspecified atom stereocenters. The molecule has 1 fully saturated rings. The second-order valence-electron chi connectivity index (χ2n) is 11.9. The third-order valence-corrected chi connectivity index (χ3v) is 7.06. The maximum absolute atomic E-state index is 12.9. The van der Waals surface area contributed by atoms with E-state index in [2.05, 4.69) is 29.0 Å². The molecule has 0 bridgehead atoms. The smallest absolute Gasteiger partial charge is 0.416 e. The van der Waals surface area contributed by atoms with Gasteiger partial charge in [0.1, 0.15) is 5.60 Å². The molecular weight excluding hydrogens is 509 g/mol. The van der Waals surface area contributed by atoms with E-state index in [0.717, 1.165) is 35.4 Å². The Hall–Kier alpha value is -3.14. The molecule has 7 nitrogen and oxygen atoms in total. The van der Waals surface area contributed by atoms with E-state index < -0.39 is 17.3 Å². The molecule has 1 N–H and O–H groups in total. The van der Waals surface area contributed by atoms with Crippen molar-refractivity contribution in [2.24, 2.45) is 11.8 Å². The molecule has 0 radical (unpaired) electrons. The van der Waals surface area contributed by atoms with Gasteiger partial charge in [-0.05, 0) is 68.4 Å². The number of nitrogens with one attached hydrogen (secondary N) is 1. The van der Waals surface area contributed by atoms with E-state index in [9.17, 15) is 22.8 Å². The highest BCUT2D eigenvalue weighted by Gasteiger charge is 2.36. The van der Waals surface area contributed by atoms with Crippen LogP contribution in [-0.4, -0.2) is 52.0 Å². The van der Waals surface area contributed by atoms with Gasteiger partial charge >= 0.3 is 12.3 Å². The van der Waals surface area contributed by atoms with Crippen LogP contribution in [0.1, 0.15) is 79.8 Å². The number of ether oxygens (including phenoxy) is 1. The van der Waals surface area contributed by atoms with Gasteiger partial charge in [0, 0.05) is 38.9 Å². The van der Waals surface area contributed by atoms with Crippen molar-refractivity contribution in [1.29, 1.82) is 0 Å². The number of hydrogen-bond acceptors (Lipinski definition) is 5. The highest BCUT2D eigenvalue weighted by atomic mass is 19.4. The zero-order chi connectivity index (χ0) is 28.5. The molecule has 0 saturated carbocycles. The van der Waals surface area contributed by atoms with Gasteiger partial charge in [-0.15, -0.1) is 0 Å². The van der Waals surface area contributed by atoms with Crippen LogP contribution in [0, 0.1) is 11.8 Å². The molecule has 2 amide bonds. The van der Waals surface area contributed by atoms with Crippen LogP contribution in [0.2, 0.25) is 0 Å². The normalized spacial score (nSPS) is 18.2. The molecule has 1 saturated heterocycles. The highest BCUT2D eigenvalue weighted by Crippen LogP contribution is 2.39. The summed E-state index contributed by atoms with van der Waals surface area (Å²) in [6, 6.07) is 7.14. The molecule has 1 aromatic carbocycles. The van der Waals surface area contributed by atoms with E-state index in [4.69, 9.17) is 4.74 Å². The van der Waals surface area contributed by atoms with Crippen molar-refractivity contribution in [3.63, 3.8) is 0 Å². The number of alkyl halides is 3. The van der Waals surface area contributed by atoms with Crippen LogP contribution in [0.15, 0.2) is 36.5 Å². The quantitative estimate of drug-likeness (QED) is 0.475. The number of carbonyl (C=O) groups is 2. The number of pyridine rings is 1. The second kappa shape index (κ2) is 11.2. The van der Waals surface area contributed by atoms with Crippen LogP contribution in [0.25, 0.3) is 0 Å². The first-order chi connectivity index (χ1) is 18.2. The van der Waals surface area contributed by atoms with Crippen molar-refractivity contribution in [2.75, 3.05) is 19.6 Å². The molecule has 3 heterocycles. The Morgan fingerprint density at radius 2 is 1.79 bits per heavy atom. The van der Waals surface area contributed by atoms with Gasteiger partial charge in [-0.2, -0.15) is 13.2 Å². The second-order valence-corrected chi connectivity index (χ2v) is 11.9. The summed E-state index contributed by atoms with van der Waals surface area (Å²) in [4.78, 5) is 33.4. The van der Waals surface area contributed by atoms with Crippen LogP contribution in [-0.2, 0) is 24.0 Å². The number of halogens is 3. The standard InChI is InChI=1S/C29H37F3N4O3/c1-18(2)25-24-22(17-35(25)14-19-6-8-23(9-7-19)29(30,31)32)12-21(13-34-24)26(37)33-11-10-20-15-36(16-20)27(38)39-28(3,4)5/h6-9,12-13,18,20,25H,10-11,14-17H2,1-5H3,(H,33,37). The van der Waals surface area contributed by atoms with Gasteiger partial charge in [-0.25, -0.2) is 4.79 Å². The molecule has 1 aromatic heterocycles. The molecule has 2 aliphatic rings. The zero-order valence-electron chi connectivity index (χ0n) is 23.1. The summed E-state index contributed by atoms with van der Waals surface area (Å²) in [5, 5.41) is 2.95. The lowest BCUT2D eigenvalue weighted by Crippen LogP contribution is -2.52. The van der Waals surface area contributed by atoms with Crippen molar-refractivity contribution < 1.29 is 27.5 Å². The maximum atomic E-state index is 12.9. The van der Waals surface area contributed by atoms with Crippen molar-refractivity contribution in [1.82, 2.24) is 20.1 Å². The Balaban J connectivity index is 1.31. The number of benzene rings is 1. The molecule has 212 valence electrons. The summed E-state index contributed by atoms with van der Waals surface area (Å²) in [5.74, 6) is 0.355. The predicted molar refractivity (Wildman–Crippen MR) is 141 cm³/mol. The first-order valence-electron chi connectivity index (χ1n) is 13.4. The number of carbonyl (C=O) groups excluding carboxylic acids is 2. The zero-order valence-corrected chi connectivity index (χ0v) is 23.1. The van der Waals surface area contributed by atoms with E-state index in [0.29, 0.717) is 44.2 Å². The SMILES string of the molecule is CC(C)C1c2ncc(C(=O)NCCC3CN(C(=O)OC(C)(C)C)C3)cc2CN1Cc1ccc(C(F)(F)F)cc1. The van der Waals surface area contributed by atoms with E-state index in [-0.39, 0.29) is 24.0 Å². The van der Waals surface area contributed by atoms with Gasteiger partial charge in [-0.3, -0.25) is 14.7 Å². The fraction of sp³-hybridized carbons (Fsp3) is 0.552. The largest absolute Gasteiger partial charge is 0.444 e. The van der Waals surface area contributed by atoms with Crippen LogP contribution >= 0.6 is 0 Å². The van der Waals surface area contributed by atoms with Gasteiger partial charge in [0.2, 0.25) is 0 Å². The minimum Gasteiger partial charge on any atom is -0.444 e. The van der Waals surface area contributed by atoms with E-state index >= 15 is 0 Å². The fourth-order valence-electron chi connectivity index (χ4n) is 5.17. The van der Waals surface area contributed by atoms with Gasteiger partial charge in [-0.1, -0.05) is 26.0 Å². The molecule has 10 heteroatoms. The molecule has 39 heavy (non-hydrogen) atoms. The lowest BCUT2D eigenvalue weighted by atomic mass is 9.97. The van der Waals surface area contributed by atoms with E-state index in [1.165, 1.54) is 12.1 Å². The summed E-state index contributed by atoms with van der Waals surface area (Å²) >= 11 is 0. The van der Waals surface area contributed by atoms with Gasteiger partial charge in [0.15, 0.2) is 0 Å². The molecule has 0 aliphatic carbocycles. The number of likely N-dealkylation sites (tertiary alicyclic amines) is 1. The Morgan fingerprint density at radius 3 is 2.38 bits per heavy atom. The van der Waals surface area contributed by atoms with E-state index in [1.54, 1.807) is 11.1 Å². The predicted octanol–water partition coefficient (Wildman–Crippen LogP) is 5.80. The first-order valence-corrected chi connectivity index (χ1v) is 13.4. The number of hydrogen-bond donors (Lipinski definition) is 1. The minimum atomic E-state index is -4.36. The maximum Gasteiger partial charge on any atom is 0.416 e. The molecule has 2 aromatic rings. The van der Waals surface area contributed by atoms with Gasteiger partial charge < -0.3 is 15.0 Å². The lowest BCUT2D eigenvalue weighted by Gasteiger charge is -2.39. The van der Waals surface area contributed by atoms with Crippen LogP contribution < -0.4 is 5.32 Å². The van der Waals surface area contributed by atoms with Crippen molar-refractivity contribution in [3.8, 4) is 0 Å². The number of fused-ring (bicyclic) bond motifs is 1. The third-order valence-electron chi connectivity index (χ3n) is 7.06. The summed E-state index contributed by atoms with van der Waals surface area (Å²) in [7, 11) is 0. The van der Waals surface area contributed by atoms with Crippen molar-refractivity contribution in [3.05, 3.63) is 64.5 Å². The van der Waals surface area contributed by atoms with Gasteiger partial charge in [0.05, 0.1) is 22.9 Å². The Morgan fingerprint density at radius 1 is 1.13 bits per heavy atom. The summed E-state index contributed by atoms with van der Waals surface area (Å²) in [5.41, 5.74) is 1.96. The molecule has 1 atom stereocenters.